The van der Waals surface area contributed by atoms with Crippen LogP contribution in [-0.4, -0.2) is 41.6 Å². The lowest BCUT2D eigenvalue weighted by Crippen LogP contribution is -2.51. The van der Waals surface area contributed by atoms with Crippen LogP contribution < -0.4 is 5.32 Å². The lowest BCUT2D eigenvalue weighted by Gasteiger charge is -2.28. The van der Waals surface area contributed by atoms with E-state index in [2.05, 4.69) is 43.4 Å². The van der Waals surface area contributed by atoms with Crippen LogP contribution in [0.25, 0.3) is 0 Å². The van der Waals surface area contributed by atoms with E-state index in [1.807, 2.05) is 45.6 Å². The van der Waals surface area contributed by atoms with Crippen molar-refractivity contribution in [3.05, 3.63) is 35.9 Å². The Morgan fingerprint density at radius 3 is 2.24 bits per heavy atom. The Labute approximate surface area is 176 Å². The van der Waals surface area contributed by atoms with E-state index in [4.69, 9.17) is 4.74 Å². The van der Waals surface area contributed by atoms with Crippen LogP contribution in [0.4, 0.5) is 4.79 Å². The summed E-state index contributed by atoms with van der Waals surface area (Å²) in [7, 11) is 0. The molecule has 0 spiro atoms. The first kappa shape index (κ1) is 23.2. The fraction of sp³-hybridized carbons (Fsp3) is 0.667. The van der Waals surface area contributed by atoms with E-state index in [-0.39, 0.29) is 11.8 Å². The average molecular weight is 403 g/mol. The van der Waals surface area contributed by atoms with Gasteiger partial charge in [-0.25, -0.2) is 4.79 Å². The summed E-state index contributed by atoms with van der Waals surface area (Å²) in [6, 6.07) is 9.90. The summed E-state index contributed by atoms with van der Waals surface area (Å²) in [6.07, 6.45) is 0.434. The maximum absolute atomic E-state index is 13.3. The largest absolute Gasteiger partial charge is 0.444 e. The van der Waals surface area contributed by atoms with Gasteiger partial charge in [0.2, 0.25) is 5.91 Å². The van der Waals surface area contributed by atoms with Crippen molar-refractivity contribution in [2.24, 2.45) is 23.7 Å². The minimum absolute atomic E-state index is 0.00734. The number of nitrogens with one attached hydrogen (secondary N) is 1. The Bertz CT molecular complexity index is 679. The number of likely N-dealkylation sites (tertiary alicyclic amines) is 1. The minimum Gasteiger partial charge on any atom is -0.444 e. The van der Waals surface area contributed by atoms with E-state index in [0.29, 0.717) is 17.8 Å². The zero-order valence-electron chi connectivity index (χ0n) is 19.1. The molecule has 29 heavy (non-hydrogen) atoms. The van der Waals surface area contributed by atoms with Crippen molar-refractivity contribution in [1.29, 1.82) is 0 Å². The maximum atomic E-state index is 13.3. The smallest absolute Gasteiger partial charge is 0.408 e. The number of hydrogen-bond donors (Lipinski definition) is 1. The number of rotatable bonds is 6. The average Bonchev–Trinajstić information content (AvgIpc) is 3.02. The van der Waals surface area contributed by atoms with E-state index in [9.17, 15) is 9.59 Å². The molecule has 1 aliphatic heterocycles. The highest BCUT2D eigenvalue weighted by molar-refractivity contribution is 5.86. The topological polar surface area (TPSA) is 58.6 Å². The first-order valence-electron chi connectivity index (χ1n) is 10.8. The van der Waals surface area contributed by atoms with E-state index in [1.165, 1.54) is 5.56 Å². The Morgan fingerprint density at radius 2 is 1.72 bits per heavy atom. The highest BCUT2D eigenvalue weighted by atomic mass is 16.6. The zero-order chi connectivity index (χ0) is 21.8. The summed E-state index contributed by atoms with van der Waals surface area (Å²) in [4.78, 5) is 27.5. The molecule has 0 saturated carbocycles. The standard InChI is InChI=1S/C24H38N2O3/c1-16(2)20-15-26(14-19(20)13-18-11-9-8-10-12-18)22(27)21(17(3)4)25-23(28)29-24(5,6)7/h8-12,16-17,19-21H,13-15H2,1-7H3,(H,25,28)/t19-,20+,21-/m0/s1. The predicted molar refractivity (Wildman–Crippen MR) is 117 cm³/mol. The van der Waals surface area contributed by atoms with E-state index in [1.54, 1.807) is 0 Å². The SMILES string of the molecule is CC(C)[C@H](NC(=O)OC(C)(C)C)C(=O)N1C[C@H](Cc2ccccc2)[C@@H](C(C)C)C1. The summed E-state index contributed by atoms with van der Waals surface area (Å²) < 4.78 is 5.37. The van der Waals surface area contributed by atoms with Crippen molar-refractivity contribution < 1.29 is 14.3 Å². The van der Waals surface area contributed by atoms with Crippen LogP contribution in [0.15, 0.2) is 30.3 Å². The van der Waals surface area contributed by atoms with Gasteiger partial charge in [-0.3, -0.25) is 4.79 Å². The maximum Gasteiger partial charge on any atom is 0.408 e. The number of nitrogens with zero attached hydrogens (tertiary/aromatic N) is 1. The third-order valence-corrected chi connectivity index (χ3v) is 5.61. The molecule has 1 heterocycles. The van der Waals surface area contributed by atoms with Crippen LogP contribution in [0.1, 0.15) is 54.0 Å². The van der Waals surface area contributed by atoms with Gasteiger partial charge in [-0.2, -0.15) is 0 Å². The second-order valence-electron chi connectivity index (χ2n) is 9.97. The Balaban J connectivity index is 2.10. The quantitative estimate of drug-likeness (QED) is 0.762. The van der Waals surface area contributed by atoms with Gasteiger partial charge in [0.25, 0.3) is 0 Å². The summed E-state index contributed by atoms with van der Waals surface area (Å²) in [6.45, 7) is 15.3. The molecule has 1 N–H and O–H groups in total. The fourth-order valence-corrected chi connectivity index (χ4v) is 4.11. The lowest BCUT2D eigenvalue weighted by atomic mass is 9.82. The molecule has 0 aromatic heterocycles. The Morgan fingerprint density at radius 1 is 1.10 bits per heavy atom. The van der Waals surface area contributed by atoms with Crippen LogP contribution in [0.2, 0.25) is 0 Å². The van der Waals surface area contributed by atoms with Crippen molar-refractivity contribution in [1.82, 2.24) is 10.2 Å². The molecule has 0 aliphatic carbocycles. The van der Waals surface area contributed by atoms with E-state index >= 15 is 0 Å². The van der Waals surface area contributed by atoms with Crippen LogP contribution in [-0.2, 0) is 16.0 Å². The molecule has 0 bridgehead atoms. The monoisotopic (exact) mass is 402 g/mol. The van der Waals surface area contributed by atoms with E-state index < -0.39 is 17.7 Å². The normalized spacial score (nSPS) is 20.8. The van der Waals surface area contributed by atoms with Crippen molar-refractivity contribution in [3.8, 4) is 0 Å². The zero-order valence-corrected chi connectivity index (χ0v) is 19.1. The molecule has 1 aromatic carbocycles. The highest BCUT2D eigenvalue weighted by Crippen LogP contribution is 2.33. The number of benzene rings is 1. The molecular formula is C24H38N2O3. The first-order valence-corrected chi connectivity index (χ1v) is 10.8. The van der Waals surface area contributed by atoms with Gasteiger partial charge in [0.1, 0.15) is 11.6 Å². The van der Waals surface area contributed by atoms with E-state index in [0.717, 1.165) is 19.5 Å². The molecule has 1 aliphatic rings. The number of amides is 2. The molecule has 3 atom stereocenters. The molecular weight excluding hydrogens is 364 g/mol. The first-order chi connectivity index (χ1) is 13.5. The van der Waals surface area contributed by atoms with Gasteiger partial charge in [-0.15, -0.1) is 0 Å². The van der Waals surface area contributed by atoms with Crippen LogP contribution in [0.5, 0.6) is 0 Å². The summed E-state index contributed by atoms with van der Waals surface area (Å²) in [5.74, 6) is 1.36. The third-order valence-electron chi connectivity index (χ3n) is 5.61. The molecule has 0 radical (unpaired) electrons. The number of carbonyl (C=O) groups is 2. The molecule has 0 unspecified atom stereocenters. The number of carbonyl (C=O) groups excluding carboxylic acids is 2. The summed E-state index contributed by atoms with van der Waals surface area (Å²) >= 11 is 0. The van der Waals surface area contributed by atoms with Crippen molar-refractivity contribution in [2.45, 2.75) is 66.5 Å². The Kier molecular flexibility index (Phi) is 7.73. The number of ether oxygens (including phenoxy) is 1. The van der Waals surface area contributed by atoms with Crippen LogP contribution in [0, 0.1) is 23.7 Å². The molecule has 2 rings (SSSR count). The van der Waals surface area contributed by atoms with Crippen molar-refractivity contribution in [3.63, 3.8) is 0 Å². The van der Waals surface area contributed by atoms with Gasteiger partial charge in [0.15, 0.2) is 0 Å². The molecule has 162 valence electrons. The van der Waals surface area contributed by atoms with Gasteiger partial charge < -0.3 is 15.0 Å². The van der Waals surface area contributed by atoms with Gasteiger partial charge in [-0.1, -0.05) is 58.0 Å². The molecule has 5 heteroatoms. The van der Waals surface area contributed by atoms with Crippen LogP contribution >= 0.6 is 0 Å². The minimum atomic E-state index is -0.591. The molecule has 5 nitrogen and oxygen atoms in total. The van der Waals surface area contributed by atoms with Crippen molar-refractivity contribution in [2.75, 3.05) is 13.1 Å². The second kappa shape index (κ2) is 9.64. The second-order valence-corrected chi connectivity index (χ2v) is 9.97. The summed E-state index contributed by atoms with van der Waals surface area (Å²) in [5, 5.41) is 2.81. The molecule has 1 fully saturated rings. The number of alkyl carbamates (subject to hydrolysis) is 1. The highest BCUT2D eigenvalue weighted by Gasteiger charge is 2.40. The molecule has 1 aromatic rings. The van der Waals surface area contributed by atoms with Crippen LogP contribution in [0.3, 0.4) is 0 Å². The molecule has 1 saturated heterocycles. The van der Waals surface area contributed by atoms with Gasteiger partial charge >= 0.3 is 6.09 Å². The number of hydrogen-bond acceptors (Lipinski definition) is 3. The summed E-state index contributed by atoms with van der Waals surface area (Å²) in [5.41, 5.74) is 0.718. The van der Waals surface area contributed by atoms with Gasteiger partial charge in [0.05, 0.1) is 0 Å². The fourth-order valence-electron chi connectivity index (χ4n) is 4.11. The Hall–Kier alpha value is -2.04. The lowest BCUT2D eigenvalue weighted by molar-refractivity contribution is -0.133. The van der Waals surface area contributed by atoms with Gasteiger partial charge in [0, 0.05) is 13.1 Å². The van der Waals surface area contributed by atoms with Gasteiger partial charge in [-0.05, 0) is 56.4 Å². The molecule has 2 amide bonds. The predicted octanol–water partition coefficient (Wildman–Crippen LogP) is 4.51. The van der Waals surface area contributed by atoms with Crippen molar-refractivity contribution >= 4 is 12.0 Å². The third kappa shape index (κ3) is 6.76.